The number of nitrogens with one attached hydrogen (secondary N) is 1. The van der Waals surface area contributed by atoms with Crippen LogP contribution in [0.2, 0.25) is 0 Å². The molecule has 1 fully saturated rings. The highest BCUT2D eigenvalue weighted by Crippen LogP contribution is 2.15. The largest absolute Gasteiger partial charge is 0.375 e. The summed E-state index contributed by atoms with van der Waals surface area (Å²) in [6.07, 6.45) is 0.982. The lowest BCUT2D eigenvalue weighted by Crippen LogP contribution is -2.55. The van der Waals surface area contributed by atoms with Gasteiger partial charge in [-0.05, 0) is 23.8 Å². The van der Waals surface area contributed by atoms with Crippen LogP contribution in [0.1, 0.15) is 36.9 Å². The molecule has 0 saturated carbocycles. The van der Waals surface area contributed by atoms with Crippen LogP contribution in [-0.2, 0) is 9.53 Å². The predicted molar refractivity (Wildman–Crippen MR) is 87.0 cm³/mol. The lowest BCUT2D eigenvalue weighted by molar-refractivity contribution is -0.142. The smallest absolute Gasteiger partial charge is 0.262 e. The molecule has 0 bridgehead atoms. The second-order valence-corrected chi connectivity index (χ2v) is 6.81. The first-order valence-electron chi connectivity index (χ1n) is 7.77. The molecule has 2 unspecified atom stereocenters. The van der Waals surface area contributed by atoms with Crippen molar-refractivity contribution in [3.8, 4) is 0 Å². The SMILES string of the molecule is CCC1CN(C(=O)C(NC(=O)c2cccs2)C(C)C)CCO1. The van der Waals surface area contributed by atoms with E-state index in [0.717, 1.165) is 6.42 Å². The van der Waals surface area contributed by atoms with Crippen LogP contribution in [-0.4, -0.2) is 48.6 Å². The molecule has 0 spiro atoms. The number of ether oxygens (including phenoxy) is 1. The Kier molecular flexibility index (Phi) is 5.97. The van der Waals surface area contributed by atoms with Gasteiger partial charge >= 0.3 is 0 Å². The van der Waals surface area contributed by atoms with E-state index in [4.69, 9.17) is 4.74 Å². The van der Waals surface area contributed by atoms with Crippen molar-refractivity contribution in [1.82, 2.24) is 10.2 Å². The molecule has 6 heteroatoms. The van der Waals surface area contributed by atoms with Gasteiger partial charge in [-0.25, -0.2) is 0 Å². The Labute approximate surface area is 135 Å². The fourth-order valence-corrected chi connectivity index (χ4v) is 3.12. The molecule has 0 aromatic carbocycles. The normalized spacial score (nSPS) is 20.0. The van der Waals surface area contributed by atoms with Gasteiger partial charge in [0.25, 0.3) is 5.91 Å². The van der Waals surface area contributed by atoms with Gasteiger partial charge in [-0.3, -0.25) is 9.59 Å². The van der Waals surface area contributed by atoms with Crippen LogP contribution >= 0.6 is 11.3 Å². The Morgan fingerprint density at radius 1 is 1.50 bits per heavy atom. The Bertz CT molecular complexity index is 501. The van der Waals surface area contributed by atoms with Gasteiger partial charge in [0.1, 0.15) is 6.04 Å². The van der Waals surface area contributed by atoms with E-state index >= 15 is 0 Å². The van der Waals surface area contributed by atoms with E-state index in [2.05, 4.69) is 12.2 Å². The van der Waals surface area contributed by atoms with Crippen molar-refractivity contribution >= 4 is 23.2 Å². The van der Waals surface area contributed by atoms with Gasteiger partial charge < -0.3 is 15.0 Å². The maximum Gasteiger partial charge on any atom is 0.262 e. The first-order chi connectivity index (χ1) is 10.5. The second-order valence-electron chi connectivity index (χ2n) is 5.86. The summed E-state index contributed by atoms with van der Waals surface area (Å²) in [6.45, 7) is 7.72. The van der Waals surface area contributed by atoms with E-state index in [0.29, 0.717) is 24.6 Å². The summed E-state index contributed by atoms with van der Waals surface area (Å²) in [5.74, 6) is -0.150. The zero-order valence-corrected chi connectivity index (χ0v) is 14.2. The lowest BCUT2D eigenvalue weighted by atomic mass is 10.0. The van der Waals surface area contributed by atoms with Crippen LogP contribution in [0.15, 0.2) is 17.5 Å². The highest BCUT2D eigenvalue weighted by atomic mass is 32.1. The van der Waals surface area contributed by atoms with Gasteiger partial charge in [-0.2, -0.15) is 0 Å². The highest BCUT2D eigenvalue weighted by Gasteiger charge is 2.31. The molecule has 2 rings (SSSR count). The van der Waals surface area contributed by atoms with Crippen LogP contribution in [0, 0.1) is 5.92 Å². The Morgan fingerprint density at radius 2 is 2.27 bits per heavy atom. The highest BCUT2D eigenvalue weighted by molar-refractivity contribution is 7.12. The number of carbonyl (C=O) groups is 2. The lowest BCUT2D eigenvalue weighted by Gasteiger charge is -2.35. The number of amides is 2. The molecule has 122 valence electrons. The monoisotopic (exact) mass is 324 g/mol. The van der Waals surface area contributed by atoms with Crippen LogP contribution in [0.4, 0.5) is 0 Å². The standard InChI is InChI=1S/C16H24N2O3S/c1-4-12-10-18(7-8-21-12)16(20)14(11(2)3)17-15(19)13-6-5-9-22-13/h5-6,9,11-12,14H,4,7-8,10H2,1-3H3,(H,17,19). The molecule has 1 aliphatic heterocycles. The van der Waals surface area contributed by atoms with Gasteiger partial charge in [-0.15, -0.1) is 11.3 Å². The number of thiophene rings is 1. The van der Waals surface area contributed by atoms with E-state index in [-0.39, 0.29) is 23.8 Å². The minimum Gasteiger partial charge on any atom is -0.375 e. The molecule has 0 aliphatic carbocycles. The Morgan fingerprint density at radius 3 is 2.86 bits per heavy atom. The fraction of sp³-hybridized carbons (Fsp3) is 0.625. The topological polar surface area (TPSA) is 58.6 Å². The summed E-state index contributed by atoms with van der Waals surface area (Å²) >= 11 is 1.38. The third-order valence-corrected chi connectivity index (χ3v) is 4.74. The summed E-state index contributed by atoms with van der Waals surface area (Å²) in [5, 5.41) is 4.74. The fourth-order valence-electron chi connectivity index (χ4n) is 2.50. The van der Waals surface area contributed by atoms with Crippen molar-refractivity contribution in [2.45, 2.75) is 39.3 Å². The molecule has 2 heterocycles. The molecule has 1 aromatic rings. The average Bonchev–Trinajstić information content (AvgIpc) is 3.06. The molecular formula is C16H24N2O3S. The number of rotatable bonds is 5. The molecule has 1 aromatic heterocycles. The van der Waals surface area contributed by atoms with Crippen molar-refractivity contribution in [3.05, 3.63) is 22.4 Å². The molecule has 2 atom stereocenters. The van der Waals surface area contributed by atoms with Gasteiger partial charge in [0, 0.05) is 13.1 Å². The van der Waals surface area contributed by atoms with Crippen molar-refractivity contribution in [2.75, 3.05) is 19.7 Å². The first-order valence-corrected chi connectivity index (χ1v) is 8.65. The van der Waals surface area contributed by atoms with Crippen LogP contribution < -0.4 is 5.32 Å². The summed E-state index contributed by atoms with van der Waals surface area (Å²) in [7, 11) is 0. The Hall–Kier alpha value is -1.40. The maximum absolute atomic E-state index is 12.8. The van der Waals surface area contributed by atoms with Gasteiger partial charge in [0.2, 0.25) is 5.91 Å². The second kappa shape index (κ2) is 7.74. The molecule has 0 radical (unpaired) electrons. The molecule has 22 heavy (non-hydrogen) atoms. The van der Waals surface area contributed by atoms with Crippen LogP contribution in [0.3, 0.4) is 0 Å². The van der Waals surface area contributed by atoms with Crippen molar-refractivity contribution < 1.29 is 14.3 Å². The van der Waals surface area contributed by atoms with E-state index in [1.165, 1.54) is 11.3 Å². The predicted octanol–water partition coefficient (Wildman–Crippen LogP) is 2.14. The van der Waals surface area contributed by atoms with E-state index < -0.39 is 6.04 Å². The third kappa shape index (κ3) is 4.08. The van der Waals surface area contributed by atoms with E-state index in [1.54, 1.807) is 6.07 Å². The number of hydrogen-bond donors (Lipinski definition) is 1. The minimum atomic E-state index is -0.495. The van der Waals surface area contributed by atoms with Crippen LogP contribution in [0.25, 0.3) is 0 Å². The van der Waals surface area contributed by atoms with E-state index in [9.17, 15) is 9.59 Å². The summed E-state index contributed by atoms with van der Waals surface area (Å²) in [5.41, 5.74) is 0. The van der Waals surface area contributed by atoms with Crippen molar-refractivity contribution in [2.24, 2.45) is 5.92 Å². The van der Waals surface area contributed by atoms with Crippen molar-refractivity contribution in [1.29, 1.82) is 0 Å². The Balaban J connectivity index is 2.03. The zero-order chi connectivity index (χ0) is 16.1. The van der Waals surface area contributed by atoms with Crippen molar-refractivity contribution in [3.63, 3.8) is 0 Å². The summed E-state index contributed by atoms with van der Waals surface area (Å²) in [6, 6.07) is 3.11. The molecule has 1 N–H and O–H groups in total. The molecule has 5 nitrogen and oxygen atoms in total. The zero-order valence-electron chi connectivity index (χ0n) is 13.4. The molecular weight excluding hydrogens is 300 g/mol. The number of nitrogens with zero attached hydrogens (tertiary/aromatic N) is 1. The molecule has 2 amide bonds. The van der Waals surface area contributed by atoms with Gasteiger partial charge in [0.05, 0.1) is 17.6 Å². The minimum absolute atomic E-state index is 0.0124. The average molecular weight is 324 g/mol. The van der Waals surface area contributed by atoms with Gasteiger partial charge in [0.15, 0.2) is 0 Å². The summed E-state index contributed by atoms with van der Waals surface area (Å²) < 4.78 is 5.61. The maximum atomic E-state index is 12.8. The summed E-state index contributed by atoms with van der Waals surface area (Å²) in [4.78, 5) is 27.4. The number of morpholine rings is 1. The number of carbonyl (C=O) groups excluding carboxylic acids is 2. The third-order valence-electron chi connectivity index (χ3n) is 3.87. The van der Waals surface area contributed by atoms with E-state index in [1.807, 2.05) is 30.2 Å². The quantitative estimate of drug-likeness (QED) is 0.903. The van der Waals surface area contributed by atoms with Gasteiger partial charge in [-0.1, -0.05) is 26.8 Å². The molecule has 1 aliphatic rings. The molecule has 1 saturated heterocycles. The first kappa shape index (κ1) is 17.0. The number of hydrogen-bond acceptors (Lipinski definition) is 4. The van der Waals surface area contributed by atoms with Crippen LogP contribution in [0.5, 0.6) is 0 Å².